The maximum Gasteiger partial charge on any atom is 0.271 e. The maximum absolute atomic E-state index is 12.7. The van der Waals surface area contributed by atoms with Crippen molar-refractivity contribution in [3.63, 3.8) is 0 Å². The summed E-state index contributed by atoms with van der Waals surface area (Å²) in [6.45, 7) is 6.80. The van der Waals surface area contributed by atoms with E-state index in [9.17, 15) is 4.79 Å². The van der Waals surface area contributed by atoms with Gasteiger partial charge in [-0.25, -0.2) is 4.98 Å². The standard InChI is InChI=1S/C21H29N3O3S/c1-13-8-14(11-21(2,3)10-13)22-19(25)17-12-28-20(24-17)23-16-7-6-15(26-4)9-18(16)27-5/h6-7,9,12-14H,8,10-11H2,1-5H3,(H,22,25)(H,23,24). The van der Waals surface area contributed by atoms with Crippen LogP contribution in [0.2, 0.25) is 0 Å². The Labute approximate surface area is 170 Å². The molecule has 3 rings (SSSR count). The van der Waals surface area contributed by atoms with Gasteiger partial charge in [0.15, 0.2) is 5.13 Å². The van der Waals surface area contributed by atoms with Crippen molar-refractivity contribution in [2.45, 2.75) is 46.1 Å². The molecule has 2 N–H and O–H groups in total. The lowest BCUT2D eigenvalue weighted by molar-refractivity contribution is 0.0870. The fraction of sp³-hybridized carbons (Fsp3) is 0.524. The van der Waals surface area contributed by atoms with Crippen LogP contribution in [-0.4, -0.2) is 31.2 Å². The molecule has 1 amide bonds. The number of rotatable bonds is 6. The van der Waals surface area contributed by atoms with Gasteiger partial charge in [0.05, 0.1) is 19.9 Å². The van der Waals surface area contributed by atoms with Crippen molar-refractivity contribution in [1.29, 1.82) is 0 Å². The molecule has 0 bridgehead atoms. The van der Waals surface area contributed by atoms with Gasteiger partial charge in [-0.3, -0.25) is 4.79 Å². The average Bonchev–Trinajstić information content (AvgIpc) is 3.09. The minimum atomic E-state index is -0.110. The van der Waals surface area contributed by atoms with Gasteiger partial charge in [0.2, 0.25) is 0 Å². The topological polar surface area (TPSA) is 72.5 Å². The lowest BCUT2D eigenvalue weighted by atomic mass is 9.70. The summed E-state index contributed by atoms with van der Waals surface area (Å²) < 4.78 is 10.6. The summed E-state index contributed by atoms with van der Waals surface area (Å²) in [5, 5.41) is 8.82. The molecule has 2 aromatic rings. The quantitative estimate of drug-likeness (QED) is 0.721. The Morgan fingerprint density at radius 3 is 2.71 bits per heavy atom. The molecule has 6 nitrogen and oxygen atoms in total. The third kappa shape index (κ3) is 4.95. The second-order valence-corrected chi connectivity index (χ2v) is 9.17. The molecule has 0 radical (unpaired) electrons. The fourth-order valence-corrected chi connectivity index (χ4v) is 4.87. The van der Waals surface area contributed by atoms with Crippen LogP contribution in [0.4, 0.5) is 10.8 Å². The summed E-state index contributed by atoms with van der Waals surface area (Å²) in [6, 6.07) is 5.71. The van der Waals surface area contributed by atoms with E-state index >= 15 is 0 Å². The second-order valence-electron chi connectivity index (χ2n) is 8.31. The van der Waals surface area contributed by atoms with Crippen LogP contribution in [-0.2, 0) is 0 Å². The number of ether oxygens (including phenoxy) is 2. The predicted molar refractivity (Wildman–Crippen MR) is 113 cm³/mol. The van der Waals surface area contributed by atoms with Gasteiger partial charge in [0.25, 0.3) is 5.91 Å². The van der Waals surface area contributed by atoms with Gasteiger partial charge in [-0.15, -0.1) is 11.3 Å². The molecule has 2 atom stereocenters. The van der Waals surface area contributed by atoms with E-state index in [1.807, 2.05) is 12.1 Å². The zero-order valence-electron chi connectivity index (χ0n) is 17.2. The second kappa shape index (κ2) is 8.39. The molecule has 1 aliphatic carbocycles. The van der Waals surface area contributed by atoms with Gasteiger partial charge in [-0.2, -0.15) is 0 Å². The zero-order valence-corrected chi connectivity index (χ0v) is 18.0. The van der Waals surface area contributed by atoms with Crippen molar-refractivity contribution in [3.05, 3.63) is 29.3 Å². The van der Waals surface area contributed by atoms with Crippen molar-refractivity contribution >= 4 is 28.1 Å². The third-order valence-corrected chi connectivity index (χ3v) is 5.87. The molecule has 1 saturated carbocycles. The number of benzene rings is 1. The monoisotopic (exact) mass is 403 g/mol. The van der Waals surface area contributed by atoms with Crippen LogP contribution in [0.3, 0.4) is 0 Å². The first-order valence-electron chi connectivity index (χ1n) is 9.55. The maximum atomic E-state index is 12.7. The molecule has 1 heterocycles. The Kier molecular flexibility index (Phi) is 6.13. The van der Waals surface area contributed by atoms with Crippen molar-refractivity contribution < 1.29 is 14.3 Å². The molecule has 28 heavy (non-hydrogen) atoms. The number of methoxy groups -OCH3 is 2. The van der Waals surface area contributed by atoms with E-state index in [1.165, 1.54) is 17.8 Å². The predicted octanol–water partition coefficient (Wildman–Crippen LogP) is 4.85. The summed E-state index contributed by atoms with van der Waals surface area (Å²) in [4.78, 5) is 17.1. The van der Waals surface area contributed by atoms with Crippen LogP contribution in [0.1, 0.15) is 50.5 Å². The molecule has 1 aliphatic rings. The molecule has 152 valence electrons. The van der Waals surface area contributed by atoms with Gasteiger partial charge in [-0.05, 0) is 42.7 Å². The molecule has 1 aromatic carbocycles. The smallest absolute Gasteiger partial charge is 0.271 e. The van der Waals surface area contributed by atoms with E-state index in [4.69, 9.17) is 9.47 Å². The Morgan fingerprint density at radius 1 is 1.25 bits per heavy atom. The summed E-state index contributed by atoms with van der Waals surface area (Å²) in [7, 11) is 3.22. The van der Waals surface area contributed by atoms with Crippen LogP contribution in [0, 0.1) is 11.3 Å². The van der Waals surface area contributed by atoms with Gasteiger partial charge in [-0.1, -0.05) is 20.8 Å². The highest BCUT2D eigenvalue weighted by Gasteiger charge is 2.33. The average molecular weight is 404 g/mol. The molecule has 1 aromatic heterocycles. The first kappa shape index (κ1) is 20.5. The first-order chi connectivity index (χ1) is 13.3. The number of aromatic nitrogens is 1. The summed E-state index contributed by atoms with van der Waals surface area (Å²) in [5.41, 5.74) is 1.47. The molecular weight excluding hydrogens is 374 g/mol. The number of nitrogens with one attached hydrogen (secondary N) is 2. The Hall–Kier alpha value is -2.28. The van der Waals surface area contributed by atoms with E-state index in [0.29, 0.717) is 28.2 Å². The minimum absolute atomic E-state index is 0.110. The van der Waals surface area contributed by atoms with Crippen molar-refractivity contribution in [1.82, 2.24) is 10.3 Å². The lowest BCUT2D eigenvalue weighted by Gasteiger charge is -2.39. The SMILES string of the molecule is COc1ccc(Nc2nc(C(=O)NC3CC(C)CC(C)(C)C3)cs2)c(OC)c1. The van der Waals surface area contributed by atoms with Crippen LogP contribution in [0.5, 0.6) is 11.5 Å². The van der Waals surface area contributed by atoms with Crippen LogP contribution in [0.25, 0.3) is 0 Å². The number of amides is 1. The highest BCUT2D eigenvalue weighted by atomic mass is 32.1. The van der Waals surface area contributed by atoms with Crippen LogP contribution < -0.4 is 20.1 Å². The highest BCUT2D eigenvalue weighted by Crippen LogP contribution is 2.38. The summed E-state index contributed by atoms with van der Waals surface area (Å²) >= 11 is 1.39. The van der Waals surface area contributed by atoms with E-state index < -0.39 is 0 Å². The molecule has 0 aliphatic heterocycles. The van der Waals surface area contributed by atoms with Crippen molar-refractivity contribution in [2.75, 3.05) is 19.5 Å². The van der Waals surface area contributed by atoms with E-state index in [2.05, 4.69) is 36.4 Å². The third-order valence-electron chi connectivity index (χ3n) is 5.11. The molecule has 2 unspecified atom stereocenters. The lowest BCUT2D eigenvalue weighted by Crippen LogP contribution is -2.43. The number of hydrogen-bond donors (Lipinski definition) is 2. The van der Waals surface area contributed by atoms with Crippen molar-refractivity contribution in [2.24, 2.45) is 11.3 Å². The molecule has 0 spiro atoms. The van der Waals surface area contributed by atoms with Crippen molar-refractivity contribution in [3.8, 4) is 11.5 Å². The zero-order chi connectivity index (χ0) is 20.3. The van der Waals surface area contributed by atoms with Gasteiger partial charge in [0, 0.05) is 17.5 Å². The number of thiazole rings is 1. The van der Waals surface area contributed by atoms with Gasteiger partial charge < -0.3 is 20.1 Å². The van der Waals surface area contributed by atoms with Gasteiger partial charge >= 0.3 is 0 Å². The minimum Gasteiger partial charge on any atom is -0.497 e. The Bertz CT molecular complexity index is 834. The number of anilines is 2. The largest absolute Gasteiger partial charge is 0.497 e. The highest BCUT2D eigenvalue weighted by molar-refractivity contribution is 7.14. The summed E-state index contributed by atoms with van der Waals surface area (Å²) in [5.74, 6) is 1.87. The number of hydrogen-bond acceptors (Lipinski definition) is 6. The Morgan fingerprint density at radius 2 is 2.04 bits per heavy atom. The van der Waals surface area contributed by atoms with E-state index in [-0.39, 0.29) is 17.4 Å². The van der Waals surface area contributed by atoms with E-state index in [0.717, 1.165) is 18.5 Å². The molecule has 0 saturated heterocycles. The van der Waals surface area contributed by atoms with Gasteiger partial charge in [0.1, 0.15) is 17.2 Å². The summed E-state index contributed by atoms with van der Waals surface area (Å²) in [6.07, 6.45) is 3.22. The van der Waals surface area contributed by atoms with E-state index in [1.54, 1.807) is 25.7 Å². The number of carbonyl (C=O) groups excluding carboxylic acids is 1. The Balaban J connectivity index is 1.66. The number of carbonyl (C=O) groups is 1. The number of nitrogens with zero attached hydrogens (tertiary/aromatic N) is 1. The fourth-order valence-electron chi connectivity index (χ4n) is 4.17. The first-order valence-corrected chi connectivity index (χ1v) is 10.4. The normalized spacial score (nSPS) is 21.0. The van der Waals surface area contributed by atoms with Crippen LogP contribution in [0.15, 0.2) is 23.6 Å². The molecular formula is C21H29N3O3S. The van der Waals surface area contributed by atoms with Crippen LogP contribution >= 0.6 is 11.3 Å². The molecule has 1 fully saturated rings. The molecule has 7 heteroatoms.